The summed E-state index contributed by atoms with van der Waals surface area (Å²) in [5.41, 5.74) is 5.31. The zero-order chi connectivity index (χ0) is 8.43. The van der Waals surface area contributed by atoms with Crippen LogP contribution < -0.4 is 5.73 Å². The van der Waals surface area contributed by atoms with Gasteiger partial charge >= 0.3 is 5.97 Å². The Hall–Kier alpha value is -1.23. The predicted octanol–water partition coefficient (Wildman–Crippen LogP) is 0.537. The number of anilines is 1. The molecule has 0 saturated heterocycles. The maximum absolute atomic E-state index is 10.1. The van der Waals surface area contributed by atoms with Crippen LogP contribution in [0.3, 0.4) is 0 Å². The molecule has 0 aliphatic carbocycles. The van der Waals surface area contributed by atoms with E-state index >= 15 is 0 Å². The average Bonchev–Trinajstić information content (AvgIpc) is 2.18. The average molecular weight is 177 g/mol. The van der Waals surface area contributed by atoms with Gasteiger partial charge in [0.2, 0.25) is 5.88 Å². The van der Waals surface area contributed by atoms with E-state index in [9.17, 15) is 4.79 Å². The molecular weight excluding hydrogens is 172 g/mol. The van der Waals surface area contributed by atoms with E-state index in [1.54, 1.807) is 0 Å². The largest absolute Gasteiger partial charge is 0.481 e. The Bertz CT molecular complexity index is 283. The lowest BCUT2D eigenvalue weighted by Crippen LogP contribution is -2.00. The third-order valence-electron chi connectivity index (χ3n) is 1.04. The van der Waals surface area contributed by atoms with Crippen LogP contribution in [0.15, 0.2) is 4.52 Å². The van der Waals surface area contributed by atoms with Gasteiger partial charge < -0.3 is 15.4 Å². The van der Waals surface area contributed by atoms with E-state index in [0.29, 0.717) is 0 Å². The van der Waals surface area contributed by atoms with Crippen molar-refractivity contribution < 1.29 is 14.4 Å². The molecule has 60 valence electrons. The van der Waals surface area contributed by atoms with Gasteiger partial charge in [0.15, 0.2) is 0 Å². The van der Waals surface area contributed by atoms with Crippen LogP contribution in [-0.4, -0.2) is 16.2 Å². The molecule has 0 aromatic carbocycles. The van der Waals surface area contributed by atoms with Gasteiger partial charge in [-0.25, -0.2) is 0 Å². The zero-order valence-electron chi connectivity index (χ0n) is 5.37. The number of hydrogen-bond donors (Lipinski definition) is 2. The number of carboxylic acids is 1. The summed E-state index contributed by atoms with van der Waals surface area (Å²) in [4.78, 5) is 10.1. The number of aromatic nitrogens is 1. The van der Waals surface area contributed by atoms with Crippen LogP contribution in [0.2, 0.25) is 5.02 Å². The van der Waals surface area contributed by atoms with Gasteiger partial charge in [0.05, 0.1) is 6.42 Å². The molecule has 0 fully saturated rings. The fraction of sp³-hybridized carbons (Fsp3) is 0.200. The molecule has 5 nitrogen and oxygen atoms in total. The standard InChI is InChI=1S/C5H5ClN2O3/c6-4-2(1-3(9)10)8-11-5(4)7/h1,7H2,(H,9,10). The van der Waals surface area contributed by atoms with Gasteiger partial charge in [-0.3, -0.25) is 4.79 Å². The summed E-state index contributed by atoms with van der Waals surface area (Å²) in [6.45, 7) is 0. The quantitative estimate of drug-likeness (QED) is 0.687. The van der Waals surface area contributed by atoms with Crippen molar-refractivity contribution in [1.82, 2.24) is 5.16 Å². The van der Waals surface area contributed by atoms with Gasteiger partial charge in [0.25, 0.3) is 0 Å². The van der Waals surface area contributed by atoms with Crippen LogP contribution in [0.5, 0.6) is 0 Å². The molecule has 0 aliphatic rings. The Labute approximate surface area is 66.7 Å². The van der Waals surface area contributed by atoms with Crippen LogP contribution in [0, 0.1) is 0 Å². The minimum Gasteiger partial charge on any atom is -0.481 e. The van der Waals surface area contributed by atoms with Gasteiger partial charge in [-0.05, 0) is 0 Å². The lowest BCUT2D eigenvalue weighted by Gasteiger charge is -1.86. The normalized spacial score (nSPS) is 9.91. The Morgan fingerprint density at radius 1 is 1.82 bits per heavy atom. The van der Waals surface area contributed by atoms with Gasteiger partial charge in [0.1, 0.15) is 10.7 Å². The molecule has 1 aromatic rings. The summed E-state index contributed by atoms with van der Waals surface area (Å²) < 4.78 is 4.43. The Morgan fingerprint density at radius 3 is 2.82 bits per heavy atom. The van der Waals surface area contributed by atoms with E-state index in [-0.39, 0.29) is 23.0 Å². The number of nitrogens with two attached hydrogens (primary N) is 1. The second kappa shape index (κ2) is 2.79. The molecule has 1 heterocycles. The minimum absolute atomic E-state index is 0.0529. The van der Waals surface area contributed by atoms with Crippen LogP contribution in [0.1, 0.15) is 5.69 Å². The molecule has 0 amide bonds. The van der Waals surface area contributed by atoms with Crippen LogP contribution in [0.25, 0.3) is 0 Å². The Kier molecular flexibility index (Phi) is 2.00. The molecule has 1 aromatic heterocycles. The summed E-state index contributed by atoms with van der Waals surface area (Å²) in [5.74, 6) is -1.08. The predicted molar refractivity (Wildman–Crippen MR) is 37.3 cm³/mol. The molecule has 6 heteroatoms. The van der Waals surface area contributed by atoms with Crippen molar-refractivity contribution in [3.63, 3.8) is 0 Å². The number of halogens is 1. The first kappa shape index (κ1) is 7.87. The van der Waals surface area contributed by atoms with E-state index in [4.69, 9.17) is 22.4 Å². The van der Waals surface area contributed by atoms with Crippen molar-refractivity contribution in [1.29, 1.82) is 0 Å². The third kappa shape index (κ3) is 1.62. The number of carboxylic acid groups (broad SMARTS) is 1. The van der Waals surface area contributed by atoms with E-state index in [1.807, 2.05) is 0 Å². The molecule has 0 atom stereocenters. The maximum Gasteiger partial charge on any atom is 0.309 e. The molecule has 0 saturated carbocycles. The fourth-order valence-electron chi connectivity index (χ4n) is 0.580. The highest BCUT2D eigenvalue weighted by Crippen LogP contribution is 2.22. The number of nitrogens with zero attached hydrogens (tertiary/aromatic N) is 1. The molecule has 0 spiro atoms. The van der Waals surface area contributed by atoms with Crippen molar-refractivity contribution in [2.75, 3.05) is 5.73 Å². The molecule has 0 aliphatic heterocycles. The summed E-state index contributed by atoms with van der Waals surface area (Å²) in [6, 6.07) is 0. The highest BCUT2D eigenvalue weighted by Gasteiger charge is 2.13. The van der Waals surface area contributed by atoms with Crippen LogP contribution in [0.4, 0.5) is 5.88 Å². The Balaban J connectivity index is 2.87. The van der Waals surface area contributed by atoms with E-state index < -0.39 is 5.97 Å². The van der Waals surface area contributed by atoms with Crippen LogP contribution in [-0.2, 0) is 11.2 Å². The van der Waals surface area contributed by atoms with E-state index in [2.05, 4.69) is 9.68 Å². The molecule has 1 rings (SSSR count). The molecule has 11 heavy (non-hydrogen) atoms. The number of hydrogen-bond acceptors (Lipinski definition) is 4. The van der Waals surface area contributed by atoms with Gasteiger partial charge in [0, 0.05) is 0 Å². The number of nitrogen functional groups attached to an aromatic ring is 1. The highest BCUT2D eigenvalue weighted by molar-refractivity contribution is 6.33. The summed E-state index contributed by atoms with van der Waals surface area (Å²) in [6.07, 6.45) is -0.278. The van der Waals surface area contributed by atoms with Crippen molar-refractivity contribution in [3.05, 3.63) is 10.7 Å². The van der Waals surface area contributed by atoms with Crippen LogP contribution >= 0.6 is 11.6 Å². The van der Waals surface area contributed by atoms with Gasteiger partial charge in [-0.15, -0.1) is 0 Å². The smallest absolute Gasteiger partial charge is 0.309 e. The maximum atomic E-state index is 10.1. The van der Waals surface area contributed by atoms with Crippen molar-refractivity contribution in [2.45, 2.75) is 6.42 Å². The summed E-state index contributed by atoms with van der Waals surface area (Å²) >= 11 is 5.51. The molecule has 0 unspecified atom stereocenters. The fourth-order valence-corrected chi connectivity index (χ4v) is 0.716. The van der Waals surface area contributed by atoms with Crippen molar-refractivity contribution >= 4 is 23.5 Å². The first-order valence-electron chi connectivity index (χ1n) is 2.72. The topological polar surface area (TPSA) is 89.4 Å². The van der Waals surface area contributed by atoms with E-state index in [0.717, 1.165) is 0 Å². The lowest BCUT2D eigenvalue weighted by molar-refractivity contribution is -0.136. The van der Waals surface area contributed by atoms with Crippen molar-refractivity contribution in [2.24, 2.45) is 0 Å². The molecular formula is C5H5ClN2O3. The van der Waals surface area contributed by atoms with E-state index in [1.165, 1.54) is 0 Å². The summed E-state index contributed by atoms with van der Waals surface area (Å²) in [5, 5.41) is 11.7. The third-order valence-corrected chi connectivity index (χ3v) is 1.45. The SMILES string of the molecule is Nc1onc(CC(=O)O)c1Cl. The second-order valence-electron chi connectivity index (χ2n) is 1.88. The molecule has 0 radical (unpaired) electrons. The Morgan fingerprint density at radius 2 is 2.45 bits per heavy atom. The molecule has 3 N–H and O–H groups in total. The number of carbonyl (C=O) groups is 1. The number of aliphatic carboxylic acids is 1. The summed E-state index contributed by atoms with van der Waals surface area (Å²) in [7, 11) is 0. The lowest BCUT2D eigenvalue weighted by atomic mass is 10.3. The second-order valence-corrected chi connectivity index (χ2v) is 2.26. The first-order chi connectivity index (χ1) is 5.11. The van der Waals surface area contributed by atoms with Crippen molar-refractivity contribution in [3.8, 4) is 0 Å². The minimum atomic E-state index is -1.03. The number of rotatable bonds is 2. The van der Waals surface area contributed by atoms with Gasteiger partial charge in [-0.1, -0.05) is 16.8 Å². The zero-order valence-corrected chi connectivity index (χ0v) is 6.13. The monoisotopic (exact) mass is 176 g/mol. The highest BCUT2D eigenvalue weighted by atomic mass is 35.5. The molecule has 0 bridgehead atoms. The first-order valence-corrected chi connectivity index (χ1v) is 3.10. The van der Waals surface area contributed by atoms with Gasteiger partial charge in [-0.2, -0.15) is 0 Å².